The third kappa shape index (κ3) is 5.50. The lowest BCUT2D eigenvalue weighted by Gasteiger charge is -2.44. The van der Waals surface area contributed by atoms with E-state index in [0.29, 0.717) is 6.07 Å². The first-order chi connectivity index (χ1) is 17.8. The summed E-state index contributed by atoms with van der Waals surface area (Å²) in [4.78, 5) is 18.1. The molecular weight excluding hydrogens is 580 g/mol. The number of benzene rings is 2. The van der Waals surface area contributed by atoms with Crippen LogP contribution in [0.3, 0.4) is 0 Å². The minimum Gasteiger partial charge on any atom is -0.444 e. The van der Waals surface area contributed by atoms with E-state index in [9.17, 15) is 31.1 Å². The van der Waals surface area contributed by atoms with Crippen LogP contribution in [0.25, 0.3) is 0 Å². The Bertz CT molecular complexity index is 1320. The summed E-state index contributed by atoms with van der Waals surface area (Å²) in [7, 11) is 0. The molecule has 0 radical (unpaired) electrons. The Balaban J connectivity index is 1.56. The van der Waals surface area contributed by atoms with E-state index in [-0.39, 0.29) is 36.0 Å². The monoisotopic (exact) mass is 600 g/mol. The quantitative estimate of drug-likeness (QED) is 0.335. The lowest BCUT2D eigenvalue weighted by Crippen LogP contribution is -2.59. The van der Waals surface area contributed by atoms with E-state index >= 15 is 4.39 Å². The van der Waals surface area contributed by atoms with Gasteiger partial charge in [-0.15, -0.1) is 0 Å². The molecule has 5 nitrogen and oxygen atoms in total. The summed E-state index contributed by atoms with van der Waals surface area (Å²) in [6, 6.07) is 6.20. The first-order valence-electron chi connectivity index (χ1n) is 11.4. The van der Waals surface area contributed by atoms with Crippen molar-refractivity contribution in [2.45, 2.75) is 56.4 Å². The summed E-state index contributed by atoms with van der Waals surface area (Å²) in [6.07, 6.45) is -11.9. The molecule has 4 rings (SSSR count). The fourth-order valence-corrected chi connectivity index (χ4v) is 4.68. The van der Waals surface area contributed by atoms with Crippen LogP contribution in [-0.4, -0.2) is 41.6 Å². The Morgan fingerprint density at radius 3 is 2.10 bits per heavy atom. The first kappa shape index (κ1) is 29.3. The molecule has 0 saturated carbocycles. The minimum atomic E-state index is -5.20. The molecule has 0 bridgehead atoms. The van der Waals surface area contributed by atoms with Gasteiger partial charge in [0, 0.05) is 12.0 Å². The summed E-state index contributed by atoms with van der Waals surface area (Å²) in [5, 5.41) is 1.84. The number of hydrogen-bond acceptors (Lipinski definition) is 4. The highest BCUT2D eigenvalue weighted by Gasteiger charge is 2.63. The first-order valence-corrected chi connectivity index (χ1v) is 12.2. The molecule has 2 aliphatic rings. The highest BCUT2D eigenvalue weighted by Crippen LogP contribution is 2.51. The van der Waals surface area contributed by atoms with Gasteiger partial charge in [0.1, 0.15) is 5.60 Å². The van der Waals surface area contributed by atoms with E-state index < -0.39 is 62.9 Å². The number of hydrogen-bond donors (Lipinski definition) is 0. The van der Waals surface area contributed by atoms with Crippen LogP contribution in [0.1, 0.15) is 49.4 Å². The number of oxime groups is 1. The molecule has 0 aliphatic carbocycles. The molecule has 212 valence electrons. The van der Waals surface area contributed by atoms with E-state index in [1.165, 1.54) is 29.2 Å². The second-order valence-corrected chi connectivity index (χ2v) is 11.1. The van der Waals surface area contributed by atoms with Crippen LogP contribution in [0.5, 0.6) is 0 Å². The van der Waals surface area contributed by atoms with Gasteiger partial charge < -0.3 is 14.5 Å². The fourth-order valence-electron chi connectivity index (χ4n) is 4.25. The molecule has 1 atom stereocenters. The van der Waals surface area contributed by atoms with Gasteiger partial charge in [0.05, 0.1) is 34.4 Å². The predicted octanol–water partition coefficient (Wildman–Crippen LogP) is 8.01. The van der Waals surface area contributed by atoms with Crippen molar-refractivity contribution in [3.05, 3.63) is 68.7 Å². The van der Waals surface area contributed by atoms with Gasteiger partial charge in [-0.05, 0) is 44.0 Å². The zero-order chi connectivity index (χ0) is 29.2. The topological polar surface area (TPSA) is 51.1 Å². The number of carbonyl (C=O) groups is 1. The molecule has 2 aromatic carbocycles. The third-order valence-electron chi connectivity index (χ3n) is 6.26. The third-order valence-corrected chi connectivity index (χ3v) is 7.06. The Morgan fingerprint density at radius 2 is 1.59 bits per heavy atom. The lowest BCUT2D eigenvalue weighted by molar-refractivity contribution is -0.276. The molecule has 1 amide bonds. The highest BCUT2D eigenvalue weighted by molar-refractivity contribution is 6.42. The van der Waals surface area contributed by atoms with Crippen molar-refractivity contribution in [1.29, 1.82) is 0 Å². The number of amides is 1. The molecular formula is C25H21Cl2F7N2O3. The summed E-state index contributed by atoms with van der Waals surface area (Å²) in [5.74, 6) is 0. The standard InChI is InChI=1S/C25H21Cl2F7N2O3/c1-21(2,3)38-20(37)36-11-22(28,12-36)14-6-4-13(5-7-14)18-10-23(39-35-18,25(32,33)34)15-8-16(24(29,30)31)19(27)17(26)9-15/h4-9H,10-12H2,1-3H3/t23-/m1/s1. The van der Waals surface area contributed by atoms with Crippen molar-refractivity contribution in [2.75, 3.05) is 13.1 Å². The van der Waals surface area contributed by atoms with Crippen LogP contribution in [0.4, 0.5) is 35.5 Å². The van der Waals surface area contributed by atoms with Gasteiger partial charge in [0.15, 0.2) is 5.67 Å². The Morgan fingerprint density at radius 1 is 1.00 bits per heavy atom. The maximum absolute atomic E-state index is 15.3. The van der Waals surface area contributed by atoms with E-state index in [1.54, 1.807) is 20.8 Å². The second-order valence-electron chi connectivity index (χ2n) is 10.3. The van der Waals surface area contributed by atoms with Gasteiger partial charge in [-0.25, -0.2) is 9.18 Å². The SMILES string of the molecule is CC(C)(C)OC(=O)N1CC(F)(c2ccc(C3=NO[C@](c4cc(Cl)c(Cl)c(C(F)(F)F)c4)(C(F)(F)F)C3)cc2)C1. The Hall–Kier alpha value is -2.73. The minimum absolute atomic E-state index is 0.132. The van der Waals surface area contributed by atoms with Gasteiger partial charge in [-0.1, -0.05) is 52.6 Å². The van der Waals surface area contributed by atoms with Gasteiger partial charge in [-0.2, -0.15) is 26.3 Å². The smallest absolute Gasteiger partial charge is 0.435 e. The highest BCUT2D eigenvalue weighted by atomic mass is 35.5. The van der Waals surface area contributed by atoms with Crippen LogP contribution >= 0.6 is 23.2 Å². The van der Waals surface area contributed by atoms with Crippen molar-refractivity contribution in [3.63, 3.8) is 0 Å². The van der Waals surface area contributed by atoms with Crippen molar-refractivity contribution in [1.82, 2.24) is 4.90 Å². The van der Waals surface area contributed by atoms with Crippen molar-refractivity contribution in [2.24, 2.45) is 5.16 Å². The summed E-state index contributed by atoms with van der Waals surface area (Å²) < 4.78 is 104. The Kier molecular flexibility index (Phi) is 7.08. The zero-order valence-corrected chi connectivity index (χ0v) is 22.1. The van der Waals surface area contributed by atoms with E-state index in [2.05, 4.69) is 5.16 Å². The number of likely N-dealkylation sites (tertiary alicyclic amines) is 1. The molecule has 2 heterocycles. The van der Waals surface area contributed by atoms with Gasteiger partial charge in [0.2, 0.25) is 0 Å². The molecule has 0 aromatic heterocycles. The normalized spacial score (nSPS) is 21.2. The van der Waals surface area contributed by atoms with Crippen LogP contribution < -0.4 is 0 Å². The zero-order valence-electron chi connectivity index (χ0n) is 20.6. The molecule has 1 saturated heterocycles. The van der Waals surface area contributed by atoms with Gasteiger partial charge in [0.25, 0.3) is 5.60 Å². The van der Waals surface area contributed by atoms with Crippen LogP contribution in [0, 0.1) is 0 Å². The average molecular weight is 601 g/mol. The van der Waals surface area contributed by atoms with Crippen LogP contribution in [0.2, 0.25) is 10.0 Å². The molecule has 0 unspecified atom stereocenters. The maximum Gasteiger partial charge on any atom is 0.435 e. The summed E-state index contributed by atoms with van der Waals surface area (Å²) in [6.45, 7) is 4.46. The Labute approximate surface area is 228 Å². The molecule has 1 fully saturated rings. The largest absolute Gasteiger partial charge is 0.444 e. The molecule has 0 N–H and O–H groups in total. The van der Waals surface area contributed by atoms with Crippen LogP contribution in [-0.2, 0) is 27.0 Å². The number of halogens is 9. The summed E-state index contributed by atoms with van der Waals surface area (Å²) >= 11 is 11.4. The number of ether oxygens (including phenoxy) is 1. The predicted molar refractivity (Wildman–Crippen MR) is 128 cm³/mol. The number of rotatable bonds is 3. The van der Waals surface area contributed by atoms with E-state index in [0.717, 1.165) is 0 Å². The van der Waals surface area contributed by atoms with E-state index in [1.807, 2.05) is 0 Å². The van der Waals surface area contributed by atoms with Gasteiger partial charge >= 0.3 is 18.4 Å². The van der Waals surface area contributed by atoms with Crippen molar-refractivity contribution in [3.8, 4) is 0 Å². The summed E-state index contributed by atoms with van der Waals surface area (Å²) in [5.41, 5.74) is -8.31. The second kappa shape index (κ2) is 9.43. The molecule has 0 spiro atoms. The number of alkyl halides is 7. The molecule has 39 heavy (non-hydrogen) atoms. The molecule has 2 aromatic rings. The average Bonchev–Trinajstić information content (AvgIpc) is 3.24. The van der Waals surface area contributed by atoms with E-state index in [4.69, 9.17) is 32.8 Å². The lowest BCUT2D eigenvalue weighted by atomic mass is 9.84. The number of carbonyl (C=O) groups excluding carboxylic acids is 1. The maximum atomic E-state index is 15.3. The molecule has 2 aliphatic heterocycles. The van der Waals surface area contributed by atoms with Crippen molar-refractivity contribution >= 4 is 35.0 Å². The van der Waals surface area contributed by atoms with Gasteiger partial charge in [-0.3, -0.25) is 0 Å². The van der Waals surface area contributed by atoms with Crippen LogP contribution in [0.15, 0.2) is 41.6 Å². The number of nitrogens with zero attached hydrogens (tertiary/aromatic N) is 2. The van der Waals surface area contributed by atoms with Crippen molar-refractivity contribution < 1.29 is 45.1 Å². The molecule has 14 heteroatoms. The fraction of sp³-hybridized carbons (Fsp3) is 0.440.